The monoisotopic (exact) mass is 727 g/mol. The highest BCUT2D eigenvalue weighted by atomic mass is 15.0. The van der Waals surface area contributed by atoms with Crippen molar-refractivity contribution in [3.05, 3.63) is 200 Å². The van der Waals surface area contributed by atoms with E-state index in [0.717, 1.165) is 18.5 Å². The lowest BCUT2D eigenvalue weighted by Crippen LogP contribution is -1.96. The molecule has 0 spiro atoms. The summed E-state index contributed by atoms with van der Waals surface area (Å²) in [5.41, 5.74) is 15.8. The summed E-state index contributed by atoms with van der Waals surface area (Å²) in [6, 6.07) is 67.0. The second-order valence-corrected chi connectivity index (χ2v) is 15.2. The summed E-state index contributed by atoms with van der Waals surface area (Å²) in [5, 5.41) is 7.57. The van der Waals surface area contributed by atoms with Crippen LogP contribution in [0.3, 0.4) is 0 Å². The van der Waals surface area contributed by atoms with Gasteiger partial charge in [0.1, 0.15) is 0 Å². The van der Waals surface area contributed by atoms with E-state index in [1.807, 2.05) is 0 Å². The third kappa shape index (κ3) is 4.92. The van der Waals surface area contributed by atoms with Gasteiger partial charge in [0.25, 0.3) is 0 Å². The molecule has 0 N–H and O–H groups in total. The van der Waals surface area contributed by atoms with E-state index in [1.165, 1.54) is 99.1 Å². The molecule has 11 aromatic rings. The normalized spacial score (nSPS) is 13.2. The highest BCUT2D eigenvalue weighted by molar-refractivity contribution is 6.14. The van der Waals surface area contributed by atoms with Crippen molar-refractivity contribution in [2.45, 2.75) is 12.8 Å². The Morgan fingerprint density at radius 2 is 0.719 bits per heavy atom. The average Bonchev–Trinajstić information content (AvgIpc) is 3.92. The van der Waals surface area contributed by atoms with Crippen molar-refractivity contribution < 1.29 is 0 Å². The van der Waals surface area contributed by atoms with Crippen LogP contribution in [0.2, 0.25) is 0 Å². The number of hydrogen-bond donors (Lipinski definition) is 0. The van der Waals surface area contributed by atoms with Gasteiger partial charge in [-0.05, 0) is 120 Å². The molecule has 3 nitrogen and oxygen atoms in total. The van der Waals surface area contributed by atoms with Crippen LogP contribution in [0.1, 0.15) is 12.8 Å². The summed E-state index contributed by atoms with van der Waals surface area (Å²) < 4.78 is 7.24. The van der Waals surface area contributed by atoms with Gasteiger partial charge >= 0.3 is 0 Å². The Balaban J connectivity index is 1.03. The van der Waals surface area contributed by atoms with Crippen LogP contribution in [-0.4, -0.2) is 13.7 Å². The Hall–Kier alpha value is -7.36. The fourth-order valence-corrected chi connectivity index (χ4v) is 9.44. The van der Waals surface area contributed by atoms with Gasteiger partial charge in [0.2, 0.25) is 0 Å². The second kappa shape index (κ2) is 12.6. The molecule has 0 aliphatic heterocycles. The summed E-state index contributed by atoms with van der Waals surface area (Å²) in [6.45, 7) is 0. The van der Waals surface area contributed by atoms with Crippen LogP contribution < -0.4 is 0 Å². The van der Waals surface area contributed by atoms with E-state index in [9.17, 15) is 0 Å². The SMILES string of the molecule is C1=CC(n2c3ccccc3c3cc(-c4ccc5c6cc(-c7ccc8c(c7)c7ccccc7n8-c7ccccc7)ccc6n(-c6ccccc6)c5c4)ccc32)=CCC1. The van der Waals surface area contributed by atoms with Gasteiger partial charge in [-0.2, -0.15) is 0 Å². The molecule has 1 aliphatic carbocycles. The molecule has 12 rings (SSSR count). The lowest BCUT2D eigenvalue weighted by atomic mass is 9.99. The third-order valence-corrected chi connectivity index (χ3v) is 12.0. The summed E-state index contributed by atoms with van der Waals surface area (Å²) in [4.78, 5) is 0. The number of nitrogens with zero attached hydrogens (tertiary/aromatic N) is 3. The van der Waals surface area contributed by atoms with E-state index in [-0.39, 0.29) is 0 Å². The van der Waals surface area contributed by atoms with E-state index in [0.29, 0.717) is 0 Å². The van der Waals surface area contributed by atoms with E-state index < -0.39 is 0 Å². The van der Waals surface area contributed by atoms with Crippen LogP contribution in [0.4, 0.5) is 0 Å². The minimum absolute atomic E-state index is 1.07. The fraction of sp³-hybridized carbons (Fsp3) is 0.0370. The van der Waals surface area contributed by atoms with Crippen LogP contribution in [0.5, 0.6) is 0 Å². The van der Waals surface area contributed by atoms with E-state index in [1.54, 1.807) is 0 Å². The second-order valence-electron chi connectivity index (χ2n) is 15.2. The Morgan fingerprint density at radius 1 is 0.298 bits per heavy atom. The number of hydrogen-bond acceptors (Lipinski definition) is 0. The quantitative estimate of drug-likeness (QED) is 0.168. The molecule has 0 unspecified atom stereocenters. The molecule has 0 bridgehead atoms. The molecule has 0 fully saturated rings. The molecular formula is C54H37N3. The molecular weight excluding hydrogens is 691 g/mol. The molecule has 268 valence electrons. The van der Waals surface area contributed by atoms with Gasteiger partial charge in [0.05, 0.1) is 33.1 Å². The first-order valence-electron chi connectivity index (χ1n) is 19.9. The Kier molecular flexibility index (Phi) is 7.05. The maximum atomic E-state index is 2.43. The first-order chi connectivity index (χ1) is 28.3. The Labute approximate surface area is 330 Å². The number of para-hydroxylation sites is 4. The van der Waals surface area contributed by atoms with Gasteiger partial charge in [0, 0.05) is 49.4 Å². The van der Waals surface area contributed by atoms with E-state index >= 15 is 0 Å². The lowest BCUT2D eigenvalue weighted by Gasteiger charge is -2.12. The molecule has 3 aromatic heterocycles. The van der Waals surface area contributed by atoms with Crippen molar-refractivity contribution in [3.63, 3.8) is 0 Å². The summed E-state index contributed by atoms with van der Waals surface area (Å²) >= 11 is 0. The zero-order valence-corrected chi connectivity index (χ0v) is 31.3. The molecule has 57 heavy (non-hydrogen) atoms. The minimum Gasteiger partial charge on any atom is -0.310 e. The molecule has 3 heterocycles. The molecule has 0 atom stereocenters. The third-order valence-electron chi connectivity index (χ3n) is 12.0. The molecule has 0 radical (unpaired) electrons. The number of rotatable bonds is 5. The van der Waals surface area contributed by atoms with Gasteiger partial charge in [-0.1, -0.05) is 115 Å². The number of fused-ring (bicyclic) bond motifs is 9. The van der Waals surface area contributed by atoms with Crippen molar-refractivity contribution in [2.24, 2.45) is 0 Å². The fourth-order valence-electron chi connectivity index (χ4n) is 9.44. The lowest BCUT2D eigenvalue weighted by molar-refractivity contribution is 1.02. The van der Waals surface area contributed by atoms with Gasteiger partial charge in [-0.25, -0.2) is 0 Å². The highest BCUT2D eigenvalue weighted by Gasteiger charge is 2.18. The van der Waals surface area contributed by atoms with Crippen molar-refractivity contribution in [1.82, 2.24) is 13.7 Å². The first kappa shape index (κ1) is 31.9. The highest BCUT2D eigenvalue weighted by Crippen LogP contribution is 2.41. The van der Waals surface area contributed by atoms with Crippen molar-refractivity contribution in [2.75, 3.05) is 0 Å². The van der Waals surface area contributed by atoms with Crippen LogP contribution in [0, 0.1) is 0 Å². The topological polar surface area (TPSA) is 14.8 Å². The maximum Gasteiger partial charge on any atom is 0.0547 e. The van der Waals surface area contributed by atoms with Crippen LogP contribution >= 0.6 is 0 Å². The number of aromatic nitrogens is 3. The Bertz CT molecular complexity index is 3440. The predicted molar refractivity (Wildman–Crippen MR) is 242 cm³/mol. The van der Waals surface area contributed by atoms with Crippen molar-refractivity contribution in [3.8, 4) is 33.6 Å². The summed E-state index contributed by atoms with van der Waals surface area (Å²) in [6.07, 6.45) is 9.10. The van der Waals surface area contributed by atoms with E-state index in [4.69, 9.17) is 0 Å². The van der Waals surface area contributed by atoms with Crippen molar-refractivity contribution >= 4 is 71.1 Å². The average molecular weight is 728 g/mol. The molecule has 0 saturated carbocycles. The molecule has 1 aliphatic rings. The zero-order valence-electron chi connectivity index (χ0n) is 31.3. The molecule has 8 aromatic carbocycles. The molecule has 3 heteroatoms. The maximum absolute atomic E-state index is 2.43. The Morgan fingerprint density at radius 3 is 1.26 bits per heavy atom. The minimum atomic E-state index is 1.07. The summed E-state index contributed by atoms with van der Waals surface area (Å²) in [5.74, 6) is 0. The van der Waals surface area contributed by atoms with Gasteiger partial charge in [0.15, 0.2) is 0 Å². The zero-order chi connectivity index (χ0) is 37.5. The standard InChI is InChI=1S/C54H37N3/c1-4-14-40(15-5-1)55-49-22-12-10-20-43(49)46-32-36(25-29-51(46)55)37-26-31-53-48(33-37)45-28-24-39(35-54(45)57(53)42-18-8-3-9-19-42)38-27-30-52-47(34-38)44-21-11-13-23-50(44)56(52)41-16-6-2-7-17-41/h1,3-6,8-35H,2,7H2. The van der Waals surface area contributed by atoms with Crippen molar-refractivity contribution in [1.29, 1.82) is 0 Å². The first-order valence-corrected chi connectivity index (χ1v) is 19.9. The van der Waals surface area contributed by atoms with E-state index in [2.05, 4.69) is 214 Å². The molecule has 0 amide bonds. The smallest absolute Gasteiger partial charge is 0.0547 e. The van der Waals surface area contributed by atoms with Crippen LogP contribution in [0.15, 0.2) is 200 Å². The molecule has 0 saturated heterocycles. The van der Waals surface area contributed by atoms with Gasteiger partial charge in [-0.15, -0.1) is 0 Å². The largest absolute Gasteiger partial charge is 0.310 e. The van der Waals surface area contributed by atoms with Crippen LogP contribution in [-0.2, 0) is 0 Å². The van der Waals surface area contributed by atoms with Gasteiger partial charge < -0.3 is 13.7 Å². The number of allylic oxidation sites excluding steroid dienone is 4. The van der Waals surface area contributed by atoms with Crippen LogP contribution in [0.25, 0.3) is 105 Å². The predicted octanol–water partition coefficient (Wildman–Crippen LogP) is 14.5. The summed E-state index contributed by atoms with van der Waals surface area (Å²) in [7, 11) is 0. The van der Waals surface area contributed by atoms with Gasteiger partial charge in [-0.3, -0.25) is 0 Å². The number of benzene rings is 8.